The van der Waals surface area contributed by atoms with E-state index in [9.17, 15) is 14.3 Å². The van der Waals surface area contributed by atoms with Crippen molar-refractivity contribution < 1.29 is 19.0 Å². The monoisotopic (exact) mass is 295 g/mol. The SMILES string of the molecule is CCCC1(O)CN(C(=O)C(C)(C)Oc2ccc(F)cc2)C1. The molecule has 0 atom stereocenters. The van der Waals surface area contributed by atoms with Crippen LogP contribution >= 0.6 is 0 Å². The van der Waals surface area contributed by atoms with Crippen LogP contribution in [0.4, 0.5) is 4.39 Å². The van der Waals surface area contributed by atoms with Gasteiger partial charge in [0.25, 0.3) is 5.91 Å². The summed E-state index contributed by atoms with van der Waals surface area (Å²) in [5.74, 6) is -0.0782. The topological polar surface area (TPSA) is 49.8 Å². The van der Waals surface area contributed by atoms with Crippen molar-refractivity contribution in [3.8, 4) is 5.75 Å². The fourth-order valence-corrected chi connectivity index (χ4v) is 2.65. The lowest BCUT2D eigenvalue weighted by Gasteiger charge is -2.48. The van der Waals surface area contributed by atoms with Crippen molar-refractivity contribution in [2.75, 3.05) is 13.1 Å². The third-order valence-corrected chi connectivity index (χ3v) is 3.67. The van der Waals surface area contributed by atoms with Crippen LogP contribution in [-0.4, -0.2) is 40.2 Å². The highest BCUT2D eigenvalue weighted by Crippen LogP contribution is 2.29. The van der Waals surface area contributed by atoms with Gasteiger partial charge in [0.2, 0.25) is 0 Å². The van der Waals surface area contributed by atoms with E-state index < -0.39 is 11.2 Å². The Morgan fingerprint density at radius 2 is 1.95 bits per heavy atom. The minimum atomic E-state index is -1.05. The van der Waals surface area contributed by atoms with Crippen LogP contribution in [-0.2, 0) is 4.79 Å². The lowest BCUT2D eigenvalue weighted by Crippen LogP contribution is -2.67. The maximum absolute atomic E-state index is 12.9. The molecule has 1 heterocycles. The fraction of sp³-hybridized carbons (Fsp3) is 0.562. The minimum absolute atomic E-state index is 0.174. The molecule has 1 aliphatic rings. The lowest BCUT2D eigenvalue weighted by atomic mass is 9.88. The zero-order chi connectivity index (χ0) is 15.7. The molecule has 1 aliphatic heterocycles. The summed E-state index contributed by atoms with van der Waals surface area (Å²) < 4.78 is 18.5. The Balaban J connectivity index is 1.97. The van der Waals surface area contributed by atoms with E-state index >= 15 is 0 Å². The number of halogens is 1. The summed E-state index contributed by atoms with van der Waals surface area (Å²) in [4.78, 5) is 14.0. The first-order chi connectivity index (χ1) is 9.76. The van der Waals surface area contributed by atoms with Crippen LogP contribution in [0.2, 0.25) is 0 Å². The van der Waals surface area contributed by atoms with Gasteiger partial charge in [0.05, 0.1) is 18.7 Å². The Bertz CT molecular complexity index is 507. The van der Waals surface area contributed by atoms with Crippen LogP contribution in [0.1, 0.15) is 33.6 Å². The summed E-state index contributed by atoms with van der Waals surface area (Å²) in [5.41, 5.74) is -1.80. The van der Waals surface area contributed by atoms with Gasteiger partial charge in [-0.25, -0.2) is 4.39 Å². The molecule has 1 aromatic carbocycles. The highest BCUT2D eigenvalue weighted by atomic mass is 19.1. The quantitative estimate of drug-likeness (QED) is 0.907. The normalized spacial score (nSPS) is 17.3. The van der Waals surface area contributed by atoms with Gasteiger partial charge in [0, 0.05) is 0 Å². The summed E-state index contributed by atoms with van der Waals surface area (Å²) in [6, 6.07) is 5.57. The molecule has 116 valence electrons. The van der Waals surface area contributed by atoms with Crippen LogP contribution in [0.3, 0.4) is 0 Å². The molecule has 5 heteroatoms. The Morgan fingerprint density at radius 3 is 2.48 bits per heavy atom. The van der Waals surface area contributed by atoms with E-state index in [4.69, 9.17) is 4.74 Å². The molecular formula is C16H22FNO3. The summed E-state index contributed by atoms with van der Waals surface area (Å²) in [5, 5.41) is 10.1. The predicted octanol–water partition coefficient (Wildman–Crippen LogP) is 2.36. The average Bonchev–Trinajstić information content (AvgIpc) is 2.38. The second kappa shape index (κ2) is 5.64. The Morgan fingerprint density at radius 1 is 1.38 bits per heavy atom. The highest BCUT2D eigenvalue weighted by Gasteiger charge is 2.47. The number of aliphatic hydroxyl groups is 1. The number of benzene rings is 1. The van der Waals surface area contributed by atoms with Crippen molar-refractivity contribution in [3.63, 3.8) is 0 Å². The van der Waals surface area contributed by atoms with Gasteiger partial charge in [-0.2, -0.15) is 0 Å². The van der Waals surface area contributed by atoms with Gasteiger partial charge >= 0.3 is 0 Å². The second-order valence-electron chi connectivity index (χ2n) is 6.20. The Labute approximate surface area is 124 Å². The molecule has 1 N–H and O–H groups in total. The first-order valence-electron chi connectivity index (χ1n) is 7.22. The van der Waals surface area contributed by atoms with E-state index in [1.807, 2.05) is 6.92 Å². The number of hydrogen-bond acceptors (Lipinski definition) is 3. The zero-order valence-electron chi connectivity index (χ0n) is 12.7. The van der Waals surface area contributed by atoms with Crippen molar-refractivity contribution >= 4 is 5.91 Å². The number of rotatable bonds is 5. The molecule has 0 radical (unpaired) electrons. The number of hydrogen-bond donors (Lipinski definition) is 1. The van der Waals surface area contributed by atoms with Gasteiger partial charge in [-0.3, -0.25) is 4.79 Å². The molecular weight excluding hydrogens is 273 g/mol. The van der Waals surface area contributed by atoms with E-state index in [0.717, 1.165) is 6.42 Å². The van der Waals surface area contributed by atoms with Gasteiger partial charge in [-0.1, -0.05) is 13.3 Å². The number of amides is 1. The summed E-state index contributed by atoms with van der Waals surface area (Å²) in [6.07, 6.45) is 1.57. The van der Waals surface area contributed by atoms with Crippen LogP contribution in [0, 0.1) is 5.82 Å². The molecule has 1 amide bonds. The van der Waals surface area contributed by atoms with Crippen molar-refractivity contribution in [2.24, 2.45) is 0 Å². The van der Waals surface area contributed by atoms with Crippen molar-refractivity contribution in [1.82, 2.24) is 4.90 Å². The predicted molar refractivity (Wildman–Crippen MR) is 77.5 cm³/mol. The molecule has 0 unspecified atom stereocenters. The van der Waals surface area contributed by atoms with E-state index in [1.165, 1.54) is 24.3 Å². The third-order valence-electron chi connectivity index (χ3n) is 3.67. The first-order valence-corrected chi connectivity index (χ1v) is 7.22. The smallest absolute Gasteiger partial charge is 0.266 e. The minimum Gasteiger partial charge on any atom is -0.478 e. The number of carbonyl (C=O) groups excluding carboxylic acids is 1. The second-order valence-corrected chi connectivity index (χ2v) is 6.20. The summed E-state index contributed by atoms with van der Waals surface area (Å²) in [7, 11) is 0. The van der Waals surface area contributed by atoms with Crippen LogP contribution in [0.25, 0.3) is 0 Å². The number of β-amino-alcohol motifs (C(OH)–C–C–N with tert-alkyl or cyclic N) is 1. The van der Waals surface area contributed by atoms with Crippen molar-refractivity contribution in [3.05, 3.63) is 30.1 Å². The molecule has 0 aliphatic carbocycles. The molecule has 0 spiro atoms. The van der Waals surface area contributed by atoms with E-state index in [0.29, 0.717) is 25.3 Å². The Kier molecular flexibility index (Phi) is 4.23. The van der Waals surface area contributed by atoms with Crippen LogP contribution < -0.4 is 4.74 Å². The first kappa shape index (κ1) is 15.8. The number of carbonyl (C=O) groups is 1. The largest absolute Gasteiger partial charge is 0.478 e. The molecule has 0 aromatic heterocycles. The molecule has 4 nitrogen and oxygen atoms in total. The van der Waals surface area contributed by atoms with Gasteiger partial charge in [0.1, 0.15) is 11.6 Å². The number of nitrogens with zero attached hydrogens (tertiary/aromatic N) is 1. The van der Waals surface area contributed by atoms with Gasteiger partial charge < -0.3 is 14.7 Å². The average molecular weight is 295 g/mol. The van der Waals surface area contributed by atoms with Gasteiger partial charge in [-0.15, -0.1) is 0 Å². The zero-order valence-corrected chi connectivity index (χ0v) is 12.7. The lowest BCUT2D eigenvalue weighted by molar-refractivity contribution is -0.169. The van der Waals surface area contributed by atoms with Crippen molar-refractivity contribution in [1.29, 1.82) is 0 Å². The molecule has 1 fully saturated rings. The van der Waals surface area contributed by atoms with Crippen LogP contribution in [0.5, 0.6) is 5.75 Å². The van der Waals surface area contributed by atoms with Crippen molar-refractivity contribution in [2.45, 2.75) is 44.8 Å². The molecule has 2 rings (SSSR count). The summed E-state index contributed by atoms with van der Waals surface area (Å²) in [6.45, 7) is 6.04. The number of ether oxygens (including phenoxy) is 1. The molecule has 0 saturated carbocycles. The van der Waals surface area contributed by atoms with E-state index in [2.05, 4.69) is 0 Å². The molecule has 0 bridgehead atoms. The Hall–Kier alpha value is -1.62. The third kappa shape index (κ3) is 3.53. The van der Waals surface area contributed by atoms with Gasteiger partial charge in [0.15, 0.2) is 5.60 Å². The van der Waals surface area contributed by atoms with E-state index in [1.54, 1.807) is 18.7 Å². The molecule has 1 aromatic rings. The number of likely N-dealkylation sites (tertiary alicyclic amines) is 1. The molecule has 21 heavy (non-hydrogen) atoms. The highest BCUT2D eigenvalue weighted by molar-refractivity contribution is 5.85. The fourth-order valence-electron chi connectivity index (χ4n) is 2.65. The standard InChI is InChI=1S/C16H22FNO3/c1-4-9-16(20)10-18(11-16)14(19)15(2,3)21-13-7-5-12(17)6-8-13/h5-8,20H,4,9-11H2,1-3H3. The maximum atomic E-state index is 12.9. The summed E-state index contributed by atoms with van der Waals surface area (Å²) >= 11 is 0. The van der Waals surface area contributed by atoms with E-state index in [-0.39, 0.29) is 11.7 Å². The maximum Gasteiger partial charge on any atom is 0.266 e. The molecule has 1 saturated heterocycles. The van der Waals surface area contributed by atoms with Gasteiger partial charge in [-0.05, 0) is 44.5 Å². The van der Waals surface area contributed by atoms with Crippen LogP contribution in [0.15, 0.2) is 24.3 Å².